The summed E-state index contributed by atoms with van der Waals surface area (Å²) in [5.41, 5.74) is 0.972. The van der Waals surface area contributed by atoms with Gasteiger partial charge in [-0.1, -0.05) is 0 Å². The minimum atomic E-state index is -0.344. The van der Waals surface area contributed by atoms with Crippen LogP contribution in [0.4, 0.5) is 15.9 Å². The van der Waals surface area contributed by atoms with Crippen molar-refractivity contribution in [1.82, 2.24) is 4.98 Å². The Morgan fingerprint density at radius 2 is 2.00 bits per heavy atom. The van der Waals surface area contributed by atoms with Gasteiger partial charge in [-0.2, -0.15) is 0 Å². The van der Waals surface area contributed by atoms with Crippen LogP contribution in [-0.2, 0) is 4.74 Å². The number of pyridine rings is 1. The van der Waals surface area contributed by atoms with Crippen LogP contribution >= 0.6 is 0 Å². The second kappa shape index (κ2) is 8.09. The van der Waals surface area contributed by atoms with E-state index in [0.29, 0.717) is 23.7 Å². The van der Waals surface area contributed by atoms with Gasteiger partial charge in [0.05, 0.1) is 5.56 Å². The van der Waals surface area contributed by atoms with Crippen LogP contribution in [0.25, 0.3) is 0 Å². The highest BCUT2D eigenvalue weighted by Crippen LogP contribution is 2.11. The molecule has 22 heavy (non-hydrogen) atoms. The number of aromatic nitrogens is 1. The number of rotatable bonds is 7. The Morgan fingerprint density at radius 1 is 1.23 bits per heavy atom. The fourth-order valence-electron chi connectivity index (χ4n) is 1.80. The Bertz CT molecular complexity index is 600. The largest absolute Gasteiger partial charge is 0.385 e. The molecule has 0 radical (unpaired) electrons. The van der Waals surface area contributed by atoms with Gasteiger partial charge in [0.1, 0.15) is 11.6 Å². The first-order chi connectivity index (χ1) is 10.7. The molecule has 0 spiro atoms. The fraction of sp³-hybridized carbons (Fsp3) is 0.250. The zero-order chi connectivity index (χ0) is 15.8. The van der Waals surface area contributed by atoms with Crippen molar-refractivity contribution in [3.05, 3.63) is 54.0 Å². The molecule has 0 aliphatic carbocycles. The van der Waals surface area contributed by atoms with Crippen LogP contribution in [-0.4, -0.2) is 31.2 Å². The van der Waals surface area contributed by atoms with Crippen molar-refractivity contribution in [1.29, 1.82) is 0 Å². The molecule has 2 aromatic rings. The summed E-state index contributed by atoms with van der Waals surface area (Å²) in [5, 5.41) is 5.82. The molecule has 0 saturated carbocycles. The molecule has 1 aromatic carbocycles. The van der Waals surface area contributed by atoms with Crippen molar-refractivity contribution in [2.45, 2.75) is 6.42 Å². The van der Waals surface area contributed by atoms with Crippen molar-refractivity contribution in [3.8, 4) is 0 Å². The monoisotopic (exact) mass is 303 g/mol. The predicted octanol–water partition coefficient (Wildman–Crippen LogP) is 2.92. The Morgan fingerprint density at radius 3 is 2.64 bits per heavy atom. The number of hydrogen-bond donors (Lipinski definition) is 2. The van der Waals surface area contributed by atoms with Gasteiger partial charge in [-0.3, -0.25) is 4.79 Å². The first-order valence-corrected chi connectivity index (χ1v) is 6.95. The van der Waals surface area contributed by atoms with Crippen LogP contribution < -0.4 is 10.6 Å². The smallest absolute Gasteiger partial charge is 0.257 e. The molecule has 0 saturated heterocycles. The Balaban J connectivity index is 1.89. The lowest BCUT2D eigenvalue weighted by Crippen LogP contribution is -2.13. The first-order valence-electron chi connectivity index (χ1n) is 6.95. The average Bonchev–Trinajstić information content (AvgIpc) is 2.54. The van der Waals surface area contributed by atoms with Crippen LogP contribution in [0.2, 0.25) is 0 Å². The number of hydrogen-bond acceptors (Lipinski definition) is 4. The van der Waals surface area contributed by atoms with Crippen molar-refractivity contribution in [2.75, 3.05) is 30.9 Å². The third-order valence-corrected chi connectivity index (χ3v) is 2.96. The van der Waals surface area contributed by atoms with E-state index in [4.69, 9.17) is 4.74 Å². The van der Waals surface area contributed by atoms with Crippen LogP contribution in [0.3, 0.4) is 0 Å². The lowest BCUT2D eigenvalue weighted by molar-refractivity contribution is 0.102. The Kier molecular flexibility index (Phi) is 5.85. The maximum absolute atomic E-state index is 12.8. The molecule has 0 aliphatic rings. The maximum atomic E-state index is 12.8. The zero-order valence-corrected chi connectivity index (χ0v) is 12.3. The predicted molar refractivity (Wildman–Crippen MR) is 83.6 cm³/mol. The highest BCUT2D eigenvalue weighted by Gasteiger charge is 2.06. The maximum Gasteiger partial charge on any atom is 0.257 e. The molecule has 1 heterocycles. The van der Waals surface area contributed by atoms with E-state index >= 15 is 0 Å². The number of carbonyl (C=O) groups excluding carboxylic acids is 1. The van der Waals surface area contributed by atoms with Crippen molar-refractivity contribution < 1.29 is 13.9 Å². The van der Waals surface area contributed by atoms with Gasteiger partial charge in [0.2, 0.25) is 0 Å². The van der Waals surface area contributed by atoms with E-state index in [-0.39, 0.29) is 11.7 Å². The molecule has 5 nitrogen and oxygen atoms in total. The van der Waals surface area contributed by atoms with E-state index in [1.54, 1.807) is 19.2 Å². The number of nitrogens with one attached hydrogen (secondary N) is 2. The SMILES string of the molecule is COCCCNc1ccc(C(=O)Nc2ccc(F)cc2)cn1. The number of ether oxygens (including phenoxy) is 1. The minimum Gasteiger partial charge on any atom is -0.385 e. The first kappa shape index (κ1) is 15.9. The summed E-state index contributed by atoms with van der Waals surface area (Å²) in [6.45, 7) is 1.44. The normalized spacial score (nSPS) is 10.3. The molecule has 0 aliphatic heterocycles. The topological polar surface area (TPSA) is 63.2 Å². The van der Waals surface area contributed by atoms with E-state index < -0.39 is 0 Å². The standard InChI is InChI=1S/C16H18FN3O2/c1-22-10-2-9-18-15-8-3-12(11-19-15)16(21)20-14-6-4-13(17)5-7-14/h3-8,11H,2,9-10H2,1H3,(H,18,19)(H,20,21). The summed E-state index contributed by atoms with van der Waals surface area (Å²) < 4.78 is 17.8. The van der Waals surface area contributed by atoms with Gasteiger partial charge in [0.15, 0.2) is 0 Å². The lowest BCUT2D eigenvalue weighted by Gasteiger charge is -2.07. The number of benzene rings is 1. The molecular weight excluding hydrogens is 285 g/mol. The second-order valence-corrected chi connectivity index (χ2v) is 4.67. The Hall–Kier alpha value is -2.47. The molecule has 0 fully saturated rings. The Labute approximate surface area is 128 Å². The molecule has 1 aromatic heterocycles. The number of nitrogens with zero attached hydrogens (tertiary/aromatic N) is 1. The summed E-state index contributed by atoms with van der Waals surface area (Å²) in [6, 6.07) is 9.03. The summed E-state index contributed by atoms with van der Waals surface area (Å²) in [6.07, 6.45) is 2.38. The summed E-state index contributed by atoms with van der Waals surface area (Å²) in [5.74, 6) is 0.0723. The fourth-order valence-corrected chi connectivity index (χ4v) is 1.80. The van der Waals surface area contributed by atoms with Crippen molar-refractivity contribution >= 4 is 17.4 Å². The van der Waals surface area contributed by atoms with E-state index in [0.717, 1.165) is 13.0 Å². The summed E-state index contributed by atoms with van der Waals surface area (Å²) >= 11 is 0. The van der Waals surface area contributed by atoms with Crippen molar-refractivity contribution in [3.63, 3.8) is 0 Å². The molecule has 1 amide bonds. The second-order valence-electron chi connectivity index (χ2n) is 4.67. The number of amides is 1. The van der Waals surface area contributed by atoms with Gasteiger partial charge in [0.25, 0.3) is 5.91 Å². The molecule has 6 heteroatoms. The van der Waals surface area contributed by atoms with Crippen LogP contribution in [0.1, 0.15) is 16.8 Å². The third-order valence-electron chi connectivity index (χ3n) is 2.96. The molecular formula is C16H18FN3O2. The minimum absolute atomic E-state index is 0.287. The van der Waals surface area contributed by atoms with Gasteiger partial charge in [0, 0.05) is 32.1 Å². The molecule has 0 bridgehead atoms. The van der Waals surface area contributed by atoms with Crippen molar-refractivity contribution in [2.24, 2.45) is 0 Å². The average molecular weight is 303 g/mol. The molecule has 0 unspecified atom stereocenters. The summed E-state index contributed by atoms with van der Waals surface area (Å²) in [7, 11) is 1.66. The van der Waals surface area contributed by atoms with Gasteiger partial charge in [-0.15, -0.1) is 0 Å². The molecule has 116 valence electrons. The number of carbonyl (C=O) groups is 1. The van der Waals surface area contributed by atoms with Crippen LogP contribution in [0.15, 0.2) is 42.6 Å². The van der Waals surface area contributed by atoms with Gasteiger partial charge < -0.3 is 15.4 Å². The lowest BCUT2D eigenvalue weighted by atomic mass is 10.2. The molecule has 2 rings (SSSR count). The van der Waals surface area contributed by atoms with Crippen LogP contribution in [0, 0.1) is 5.82 Å². The van der Waals surface area contributed by atoms with E-state index in [1.165, 1.54) is 30.5 Å². The highest BCUT2D eigenvalue weighted by molar-refractivity contribution is 6.04. The summed E-state index contributed by atoms with van der Waals surface area (Å²) in [4.78, 5) is 16.2. The zero-order valence-electron chi connectivity index (χ0n) is 12.3. The van der Waals surface area contributed by atoms with Gasteiger partial charge in [-0.05, 0) is 42.8 Å². The van der Waals surface area contributed by atoms with Crippen LogP contribution in [0.5, 0.6) is 0 Å². The van der Waals surface area contributed by atoms with Gasteiger partial charge in [-0.25, -0.2) is 9.37 Å². The number of halogens is 1. The van der Waals surface area contributed by atoms with E-state index in [2.05, 4.69) is 15.6 Å². The van der Waals surface area contributed by atoms with E-state index in [9.17, 15) is 9.18 Å². The number of anilines is 2. The third kappa shape index (κ3) is 4.82. The molecule has 2 N–H and O–H groups in total. The highest BCUT2D eigenvalue weighted by atomic mass is 19.1. The van der Waals surface area contributed by atoms with E-state index in [1.807, 2.05) is 0 Å². The molecule has 0 atom stereocenters. The van der Waals surface area contributed by atoms with Gasteiger partial charge >= 0.3 is 0 Å². The number of methoxy groups -OCH3 is 1. The quantitative estimate of drug-likeness (QED) is 0.772.